The summed E-state index contributed by atoms with van der Waals surface area (Å²) in [6.45, 7) is 6.12. The summed E-state index contributed by atoms with van der Waals surface area (Å²) >= 11 is 1.29. The van der Waals surface area contributed by atoms with E-state index in [0.29, 0.717) is 5.16 Å². The molecule has 0 saturated heterocycles. The normalized spacial score (nSPS) is 10.7. The van der Waals surface area contributed by atoms with Gasteiger partial charge in [0, 0.05) is 12.1 Å². The molecule has 23 heavy (non-hydrogen) atoms. The zero-order valence-corrected chi connectivity index (χ0v) is 14.6. The van der Waals surface area contributed by atoms with Gasteiger partial charge in [-0.05, 0) is 31.9 Å². The molecule has 3 N–H and O–H groups in total. The molecule has 1 aromatic heterocycles. The summed E-state index contributed by atoms with van der Waals surface area (Å²) in [5, 5.41) is 11.6. The number of thioether (sulfide) groups is 1. The quantitative estimate of drug-likeness (QED) is 0.601. The number of hydrogen-bond donors (Lipinski definition) is 2. The second kappa shape index (κ2) is 8.01. The minimum atomic E-state index is -0.0833. The van der Waals surface area contributed by atoms with Crippen molar-refractivity contribution in [3.63, 3.8) is 0 Å². The first-order valence-corrected chi connectivity index (χ1v) is 8.69. The number of nitrogen functional groups attached to an aromatic ring is 1. The van der Waals surface area contributed by atoms with Gasteiger partial charge in [-0.2, -0.15) is 0 Å². The van der Waals surface area contributed by atoms with Crippen molar-refractivity contribution in [3.05, 3.63) is 35.2 Å². The van der Waals surface area contributed by atoms with Gasteiger partial charge in [0.25, 0.3) is 0 Å². The Hall–Kier alpha value is -2.02. The molecule has 7 heteroatoms. The maximum Gasteiger partial charge on any atom is 0.234 e. The highest BCUT2D eigenvalue weighted by Gasteiger charge is 2.12. The first-order valence-electron chi connectivity index (χ1n) is 7.70. The van der Waals surface area contributed by atoms with E-state index in [-0.39, 0.29) is 11.7 Å². The monoisotopic (exact) mass is 333 g/mol. The van der Waals surface area contributed by atoms with Crippen LogP contribution in [0.5, 0.6) is 0 Å². The highest BCUT2D eigenvalue weighted by Crippen LogP contribution is 2.18. The molecule has 2 rings (SSSR count). The zero-order valence-electron chi connectivity index (χ0n) is 13.8. The molecule has 6 nitrogen and oxygen atoms in total. The number of nitrogens with zero attached hydrogens (tertiary/aromatic N) is 3. The molecule has 124 valence electrons. The van der Waals surface area contributed by atoms with Gasteiger partial charge in [-0.3, -0.25) is 4.79 Å². The van der Waals surface area contributed by atoms with E-state index in [1.165, 1.54) is 22.0 Å². The van der Waals surface area contributed by atoms with Crippen molar-refractivity contribution in [2.75, 3.05) is 16.9 Å². The average Bonchev–Trinajstić information content (AvgIpc) is 2.86. The fourth-order valence-electron chi connectivity index (χ4n) is 2.18. The lowest BCUT2D eigenvalue weighted by atomic mass is 10.1. The smallest absolute Gasteiger partial charge is 0.234 e. The van der Waals surface area contributed by atoms with Crippen molar-refractivity contribution in [1.29, 1.82) is 0 Å². The standard InChI is InChI=1S/C16H23N5OS/c1-4-5-6-14-19-20-16(21(14)17)23-10-15(22)18-13-8-7-11(2)9-12(13)3/h7-9H,4-6,10,17H2,1-3H3,(H,18,22). The highest BCUT2D eigenvalue weighted by atomic mass is 32.2. The summed E-state index contributed by atoms with van der Waals surface area (Å²) in [5.74, 6) is 6.88. The van der Waals surface area contributed by atoms with Gasteiger partial charge in [-0.15, -0.1) is 10.2 Å². The van der Waals surface area contributed by atoms with Crippen LogP contribution in [0, 0.1) is 13.8 Å². The van der Waals surface area contributed by atoms with Crippen molar-refractivity contribution in [2.24, 2.45) is 0 Å². The van der Waals surface area contributed by atoms with Crippen LogP contribution in [0.15, 0.2) is 23.4 Å². The summed E-state index contributed by atoms with van der Waals surface area (Å²) in [6, 6.07) is 5.94. The number of aromatic nitrogens is 3. The molecule has 0 unspecified atom stereocenters. The Morgan fingerprint density at radius 1 is 1.35 bits per heavy atom. The molecule has 0 aliphatic rings. The van der Waals surface area contributed by atoms with E-state index in [4.69, 9.17) is 5.84 Å². The van der Waals surface area contributed by atoms with Gasteiger partial charge in [-0.25, -0.2) is 4.68 Å². The highest BCUT2D eigenvalue weighted by molar-refractivity contribution is 7.99. The molecular formula is C16H23N5OS. The molecule has 0 radical (unpaired) electrons. The number of nitrogens with two attached hydrogens (primary N) is 1. The molecule has 0 aliphatic carbocycles. The van der Waals surface area contributed by atoms with Crippen molar-refractivity contribution < 1.29 is 4.79 Å². The number of hydrogen-bond acceptors (Lipinski definition) is 5. The summed E-state index contributed by atoms with van der Waals surface area (Å²) in [7, 11) is 0. The number of unbranched alkanes of at least 4 members (excludes halogenated alkanes) is 1. The molecule has 1 amide bonds. The number of carbonyl (C=O) groups is 1. The summed E-state index contributed by atoms with van der Waals surface area (Å²) in [6.07, 6.45) is 2.90. The zero-order chi connectivity index (χ0) is 16.8. The minimum absolute atomic E-state index is 0.0833. The maximum atomic E-state index is 12.1. The van der Waals surface area contributed by atoms with Crippen LogP contribution in [0.1, 0.15) is 36.7 Å². The lowest BCUT2D eigenvalue weighted by Crippen LogP contribution is -2.17. The van der Waals surface area contributed by atoms with Gasteiger partial charge in [0.15, 0.2) is 5.82 Å². The first kappa shape index (κ1) is 17.3. The maximum absolute atomic E-state index is 12.1. The van der Waals surface area contributed by atoms with Crippen LogP contribution in [-0.4, -0.2) is 26.5 Å². The molecule has 2 aromatic rings. The lowest BCUT2D eigenvalue weighted by Gasteiger charge is -2.09. The van der Waals surface area contributed by atoms with Crippen LogP contribution >= 0.6 is 11.8 Å². The lowest BCUT2D eigenvalue weighted by molar-refractivity contribution is -0.113. The third-order valence-corrected chi connectivity index (χ3v) is 4.42. The van der Waals surface area contributed by atoms with Crippen molar-refractivity contribution in [1.82, 2.24) is 14.9 Å². The van der Waals surface area contributed by atoms with Gasteiger partial charge in [0.05, 0.1) is 5.75 Å². The average molecular weight is 333 g/mol. The third kappa shape index (κ3) is 4.72. The van der Waals surface area contributed by atoms with E-state index in [1.54, 1.807) is 0 Å². The molecule has 0 spiro atoms. The van der Waals surface area contributed by atoms with Gasteiger partial charge >= 0.3 is 0 Å². The van der Waals surface area contributed by atoms with Gasteiger partial charge in [0.1, 0.15) is 0 Å². The van der Waals surface area contributed by atoms with Gasteiger partial charge in [0.2, 0.25) is 11.1 Å². The summed E-state index contributed by atoms with van der Waals surface area (Å²) in [5.41, 5.74) is 3.05. The van der Waals surface area contributed by atoms with Crippen LogP contribution in [0.4, 0.5) is 5.69 Å². The van der Waals surface area contributed by atoms with E-state index < -0.39 is 0 Å². The van der Waals surface area contributed by atoms with Crippen molar-refractivity contribution >= 4 is 23.4 Å². The molecule has 0 saturated carbocycles. The van der Waals surface area contributed by atoms with Crippen molar-refractivity contribution in [3.8, 4) is 0 Å². The number of amides is 1. The van der Waals surface area contributed by atoms with E-state index in [2.05, 4.69) is 22.4 Å². The first-order chi connectivity index (χ1) is 11.0. The topological polar surface area (TPSA) is 85.8 Å². The number of aryl methyl sites for hydroxylation is 3. The van der Waals surface area contributed by atoms with Crippen LogP contribution in [0.25, 0.3) is 0 Å². The molecular weight excluding hydrogens is 310 g/mol. The minimum Gasteiger partial charge on any atom is -0.336 e. The van der Waals surface area contributed by atoms with Gasteiger partial charge in [-0.1, -0.05) is 42.8 Å². The van der Waals surface area contributed by atoms with E-state index in [1.807, 2.05) is 32.0 Å². The predicted molar refractivity (Wildman–Crippen MR) is 94.1 cm³/mol. The number of carbonyl (C=O) groups excluding carboxylic acids is 1. The molecule has 1 aromatic carbocycles. The van der Waals surface area contributed by atoms with Crippen LogP contribution < -0.4 is 11.2 Å². The molecule has 0 fully saturated rings. The summed E-state index contributed by atoms with van der Waals surface area (Å²) in [4.78, 5) is 12.1. The molecule has 1 heterocycles. The Morgan fingerprint density at radius 3 is 2.83 bits per heavy atom. The Labute approximate surface area is 140 Å². The van der Waals surface area contributed by atoms with Crippen LogP contribution in [-0.2, 0) is 11.2 Å². The van der Waals surface area contributed by atoms with Crippen LogP contribution in [0.2, 0.25) is 0 Å². The Balaban J connectivity index is 1.90. The Morgan fingerprint density at radius 2 is 2.13 bits per heavy atom. The Bertz CT molecular complexity index is 683. The number of benzene rings is 1. The largest absolute Gasteiger partial charge is 0.336 e. The SMILES string of the molecule is CCCCc1nnc(SCC(=O)Nc2ccc(C)cc2C)n1N. The number of nitrogens with one attached hydrogen (secondary N) is 1. The predicted octanol–water partition coefficient (Wildman–Crippen LogP) is 2.68. The summed E-state index contributed by atoms with van der Waals surface area (Å²) < 4.78 is 1.48. The number of rotatable bonds is 7. The second-order valence-electron chi connectivity index (χ2n) is 5.53. The van der Waals surface area contributed by atoms with E-state index in [0.717, 1.165) is 36.3 Å². The fourth-order valence-corrected chi connectivity index (χ4v) is 2.86. The fraction of sp³-hybridized carbons (Fsp3) is 0.438. The molecule has 0 aliphatic heterocycles. The molecule has 0 atom stereocenters. The van der Waals surface area contributed by atoms with Crippen molar-refractivity contribution in [2.45, 2.75) is 45.2 Å². The Kier molecular flexibility index (Phi) is 6.04. The van der Waals surface area contributed by atoms with Crippen LogP contribution in [0.3, 0.4) is 0 Å². The van der Waals surface area contributed by atoms with E-state index >= 15 is 0 Å². The third-order valence-electron chi connectivity index (χ3n) is 3.48. The second-order valence-corrected chi connectivity index (χ2v) is 6.47. The molecule has 0 bridgehead atoms. The van der Waals surface area contributed by atoms with Gasteiger partial charge < -0.3 is 11.2 Å². The number of anilines is 1. The van der Waals surface area contributed by atoms with E-state index in [9.17, 15) is 4.79 Å².